The van der Waals surface area contributed by atoms with E-state index in [1.807, 2.05) is 0 Å². The van der Waals surface area contributed by atoms with Gasteiger partial charge in [-0.3, -0.25) is 9.59 Å². The summed E-state index contributed by atoms with van der Waals surface area (Å²) < 4.78 is 11.2. The number of carbonyl (C=O) groups excluding carboxylic acids is 1. The van der Waals surface area contributed by atoms with Crippen molar-refractivity contribution < 1.29 is 24.2 Å². The maximum absolute atomic E-state index is 12.7. The Bertz CT molecular complexity index is 600. The Hall–Kier alpha value is -1.73. The van der Waals surface area contributed by atoms with Crippen molar-refractivity contribution in [2.45, 2.75) is 31.4 Å². The fourth-order valence-corrected chi connectivity index (χ4v) is 4.18. The van der Waals surface area contributed by atoms with Gasteiger partial charge in [-0.1, -0.05) is 0 Å². The lowest BCUT2D eigenvalue weighted by Crippen LogP contribution is -2.47. The molecule has 2 fully saturated rings. The number of thioether (sulfide) groups is 1. The number of carboxylic acid groups (broad SMARTS) is 1. The van der Waals surface area contributed by atoms with Gasteiger partial charge in [0.1, 0.15) is 12.4 Å². The van der Waals surface area contributed by atoms with Crippen molar-refractivity contribution in [1.29, 1.82) is 0 Å². The first-order valence-electron chi connectivity index (χ1n) is 8.58. The van der Waals surface area contributed by atoms with Gasteiger partial charge in [-0.25, -0.2) is 0 Å². The van der Waals surface area contributed by atoms with E-state index in [4.69, 9.17) is 14.6 Å². The summed E-state index contributed by atoms with van der Waals surface area (Å²) in [4.78, 5) is 25.4. The number of hydrogen-bond donors (Lipinski definition) is 1. The van der Waals surface area contributed by atoms with Gasteiger partial charge in [0.05, 0.1) is 18.6 Å². The third-order valence-electron chi connectivity index (χ3n) is 4.46. The summed E-state index contributed by atoms with van der Waals surface area (Å²) in [5, 5.41) is 9.05. The average Bonchev–Trinajstić information content (AvgIpc) is 3.13. The number of rotatable bonds is 6. The van der Waals surface area contributed by atoms with Crippen LogP contribution in [0, 0.1) is 0 Å². The minimum absolute atomic E-state index is 0.0126. The predicted molar refractivity (Wildman–Crippen MR) is 95.3 cm³/mol. The molecule has 2 atom stereocenters. The van der Waals surface area contributed by atoms with Gasteiger partial charge in [-0.2, -0.15) is 11.8 Å². The zero-order valence-electron chi connectivity index (χ0n) is 14.1. The van der Waals surface area contributed by atoms with E-state index in [-0.39, 0.29) is 24.5 Å². The Kier molecular flexibility index (Phi) is 6.20. The SMILES string of the molecule is O=C(O)CC1CSCCN1C(=O)c1ccc(OCC2CCCO2)cc1. The van der Waals surface area contributed by atoms with Crippen molar-refractivity contribution in [1.82, 2.24) is 4.90 Å². The lowest BCUT2D eigenvalue weighted by Gasteiger charge is -2.34. The van der Waals surface area contributed by atoms with Crippen LogP contribution in [0.15, 0.2) is 24.3 Å². The summed E-state index contributed by atoms with van der Waals surface area (Å²) >= 11 is 1.69. The molecule has 2 aliphatic rings. The van der Waals surface area contributed by atoms with E-state index >= 15 is 0 Å². The molecule has 1 aromatic carbocycles. The molecule has 2 saturated heterocycles. The number of nitrogens with zero attached hydrogens (tertiary/aromatic N) is 1. The molecule has 25 heavy (non-hydrogen) atoms. The third-order valence-corrected chi connectivity index (χ3v) is 5.55. The standard InChI is InChI=1S/C18H23NO5S/c20-17(21)10-14-12-25-9-7-19(14)18(22)13-3-5-15(6-4-13)24-11-16-2-1-8-23-16/h3-6,14,16H,1-2,7-12H2,(H,20,21). The zero-order valence-corrected chi connectivity index (χ0v) is 14.9. The molecule has 6 nitrogen and oxygen atoms in total. The van der Waals surface area contributed by atoms with Gasteiger partial charge in [-0.15, -0.1) is 0 Å². The second-order valence-corrected chi connectivity index (χ2v) is 7.45. The van der Waals surface area contributed by atoms with Gasteiger partial charge in [0.15, 0.2) is 0 Å². The second-order valence-electron chi connectivity index (χ2n) is 6.30. The molecule has 2 unspecified atom stereocenters. The highest BCUT2D eigenvalue weighted by Gasteiger charge is 2.29. The summed E-state index contributed by atoms with van der Waals surface area (Å²) in [6, 6.07) is 6.80. The van der Waals surface area contributed by atoms with Gasteiger partial charge in [0.2, 0.25) is 0 Å². The smallest absolute Gasteiger partial charge is 0.305 e. The minimum Gasteiger partial charge on any atom is -0.491 e. The number of carboxylic acids is 1. The topological polar surface area (TPSA) is 76.1 Å². The van der Waals surface area contributed by atoms with E-state index in [1.54, 1.807) is 40.9 Å². The van der Waals surface area contributed by atoms with Crippen LogP contribution in [0.2, 0.25) is 0 Å². The largest absolute Gasteiger partial charge is 0.491 e. The number of ether oxygens (including phenoxy) is 2. The van der Waals surface area contributed by atoms with E-state index in [2.05, 4.69) is 0 Å². The molecule has 2 heterocycles. The number of hydrogen-bond acceptors (Lipinski definition) is 5. The van der Waals surface area contributed by atoms with Crippen molar-refractivity contribution in [2.75, 3.05) is 31.3 Å². The monoisotopic (exact) mass is 365 g/mol. The molecule has 0 aliphatic carbocycles. The Balaban J connectivity index is 1.59. The molecule has 0 spiro atoms. The van der Waals surface area contributed by atoms with Gasteiger partial charge in [0.25, 0.3) is 5.91 Å². The highest BCUT2D eigenvalue weighted by Crippen LogP contribution is 2.23. The zero-order chi connectivity index (χ0) is 17.6. The summed E-state index contributed by atoms with van der Waals surface area (Å²) in [7, 11) is 0. The van der Waals surface area contributed by atoms with E-state index in [0.717, 1.165) is 25.2 Å². The summed E-state index contributed by atoms with van der Waals surface area (Å²) in [5.41, 5.74) is 0.562. The van der Waals surface area contributed by atoms with Crippen LogP contribution < -0.4 is 4.74 Å². The van der Waals surface area contributed by atoms with Gasteiger partial charge < -0.3 is 19.5 Å². The van der Waals surface area contributed by atoms with Crippen LogP contribution in [0.3, 0.4) is 0 Å². The fourth-order valence-electron chi connectivity index (χ4n) is 3.12. The highest BCUT2D eigenvalue weighted by molar-refractivity contribution is 7.99. The number of aliphatic carboxylic acids is 1. The lowest BCUT2D eigenvalue weighted by atomic mass is 10.1. The fraction of sp³-hybridized carbons (Fsp3) is 0.556. The van der Waals surface area contributed by atoms with Crippen LogP contribution in [0.1, 0.15) is 29.6 Å². The molecule has 1 aromatic rings. The quantitative estimate of drug-likeness (QED) is 0.833. The van der Waals surface area contributed by atoms with Crippen molar-refractivity contribution >= 4 is 23.6 Å². The Morgan fingerprint density at radius 1 is 1.32 bits per heavy atom. The number of benzene rings is 1. The molecule has 0 radical (unpaired) electrons. The van der Waals surface area contributed by atoms with Crippen molar-refractivity contribution in [3.05, 3.63) is 29.8 Å². The number of carbonyl (C=O) groups is 2. The second kappa shape index (κ2) is 8.58. The molecule has 0 saturated carbocycles. The van der Waals surface area contributed by atoms with E-state index in [9.17, 15) is 9.59 Å². The minimum atomic E-state index is -0.872. The molecule has 0 bridgehead atoms. The normalized spacial score (nSPS) is 23.4. The summed E-state index contributed by atoms with van der Waals surface area (Å²) in [6.45, 7) is 1.91. The van der Waals surface area contributed by atoms with Gasteiger partial charge in [-0.05, 0) is 37.1 Å². The molecule has 1 amide bonds. The first-order chi connectivity index (χ1) is 12.1. The number of amides is 1. The predicted octanol–water partition coefficient (Wildman–Crippen LogP) is 2.28. The molecular weight excluding hydrogens is 342 g/mol. The molecule has 0 aromatic heterocycles. The molecular formula is C18H23NO5S. The van der Waals surface area contributed by atoms with Gasteiger partial charge >= 0.3 is 5.97 Å². The summed E-state index contributed by atoms with van der Waals surface area (Å²) in [6.07, 6.45) is 2.24. The van der Waals surface area contributed by atoms with Crippen LogP contribution >= 0.6 is 11.8 Å². The first kappa shape index (κ1) is 18.1. The van der Waals surface area contributed by atoms with E-state index < -0.39 is 5.97 Å². The summed E-state index contributed by atoms with van der Waals surface area (Å²) in [5.74, 6) is 1.23. The van der Waals surface area contributed by atoms with Crippen LogP contribution in [0.4, 0.5) is 0 Å². The highest BCUT2D eigenvalue weighted by atomic mass is 32.2. The maximum Gasteiger partial charge on any atom is 0.305 e. The third kappa shape index (κ3) is 4.89. The van der Waals surface area contributed by atoms with E-state index in [1.165, 1.54) is 0 Å². The van der Waals surface area contributed by atoms with E-state index in [0.29, 0.717) is 30.2 Å². The molecule has 136 valence electrons. The van der Waals surface area contributed by atoms with Gasteiger partial charge in [0, 0.05) is 30.2 Å². The molecule has 3 rings (SSSR count). The Morgan fingerprint density at radius 2 is 2.12 bits per heavy atom. The van der Waals surface area contributed by atoms with Crippen LogP contribution in [0.25, 0.3) is 0 Å². The lowest BCUT2D eigenvalue weighted by molar-refractivity contribution is -0.138. The average molecular weight is 365 g/mol. The molecule has 7 heteroatoms. The maximum atomic E-state index is 12.7. The molecule has 2 aliphatic heterocycles. The Labute approximate surface area is 151 Å². The van der Waals surface area contributed by atoms with Crippen molar-refractivity contribution in [2.24, 2.45) is 0 Å². The van der Waals surface area contributed by atoms with Crippen LogP contribution in [-0.2, 0) is 9.53 Å². The first-order valence-corrected chi connectivity index (χ1v) is 9.74. The van der Waals surface area contributed by atoms with Crippen molar-refractivity contribution in [3.8, 4) is 5.75 Å². The molecule has 1 N–H and O–H groups in total. The van der Waals surface area contributed by atoms with Crippen LogP contribution in [0.5, 0.6) is 5.75 Å². The van der Waals surface area contributed by atoms with Crippen molar-refractivity contribution in [3.63, 3.8) is 0 Å². The Morgan fingerprint density at radius 3 is 2.80 bits per heavy atom. The van der Waals surface area contributed by atoms with Crippen LogP contribution in [-0.4, -0.2) is 65.3 Å².